The zero-order valence-corrected chi connectivity index (χ0v) is 14.0. The lowest BCUT2D eigenvalue weighted by Crippen LogP contribution is -2.12. The topological polar surface area (TPSA) is 34.2 Å². The Labute approximate surface area is 135 Å². The van der Waals surface area contributed by atoms with E-state index in [1.807, 2.05) is 24.3 Å². The summed E-state index contributed by atoms with van der Waals surface area (Å²) in [5.74, 6) is 1.61. The summed E-state index contributed by atoms with van der Waals surface area (Å²) < 4.78 is 5.92. The second-order valence-electron chi connectivity index (χ2n) is 5.70. The van der Waals surface area contributed by atoms with Gasteiger partial charge in [-0.05, 0) is 17.5 Å². The van der Waals surface area contributed by atoms with Crippen LogP contribution in [0.3, 0.4) is 0 Å². The van der Waals surface area contributed by atoms with Gasteiger partial charge in [-0.1, -0.05) is 62.2 Å². The summed E-state index contributed by atoms with van der Waals surface area (Å²) in [6.07, 6.45) is 0. The van der Waals surface area contributed by atoms with E-state index >= 15 is 0 Å². The highest BCUT2D eigenvalue weighted by molar-refractivity contribution is 6.36. The number of ether oxygens (including phenoxy) is 1. The van der Waals surface area contributed by atoms with Crippen LogP contribution in [-0.2, 0) is 5.41 Å². The van der Waals surface area contributed by atoms with E-state index in [0.29, 0.717) is 21.7 Å². The highest BCUT2D eigenvalue weighted by Gasteiger charge is 2.20. The molecule has 1 aromatic heterocycles. The number of anilines is 1. The van der Waals surface area contributed by atoms with Gasteiger partial charge in [-0.3, -0.25) is 0 Å². The van der Waals surface area contributed by atoms with Gasteiger partial charge in [0.1, 0.15) is 16.6 Å². The van der Waals surface area contributed by atoms with Gasteiger partial charge in [-0.2, -0.15) is 4.98 Å². The van der Waals surface area contributed by atoms with Gasteiger partial charge in [-0.25, -0.2) is 0 Å². The largest absolute Gasteiger partial charge is 0.437 e. The Balaban J connectivity index is 2.44. The lowest BCUT2D eigenvalue weighted by molar-refractivity contribution is 0.441. The zero-order chi connectivity index (χ0) is 15.6. The Morgan fingerprint density at radius 1 is 1.10 bits per heavy atom. The van der Waals surface area contributed by atoms with Crippen molar-refractivity contribution in [1.82, 2.24) is 4.98 Å². The minimum absolute atomic E-state index is 0.0403. The number of hydrogen-bond acceptors (Lipinski definition) is 3. The average Bonchev–Trinajstić information content (AvgIpc) is 2.41. The van der Waals surface area contributed by atoms with Crippen LogP contribution in [0.4, 0.5) is 5.82 Å². The van der Waals surface area contributed by atoms with Crippen LogP contribution in [0.1, 0.15) is 26.3 Å². The molecule has 0 spiro atoms. The summed E-state index contributed by atoms with van der Waals surface area (Å²) in [5.41, 5.74) is 1.05. The number of halogens is 2. The summed E-state index contributed by atoms with van der Waals surface area (Å²) in [6, 6.07) is 9.48. The molecule has 0 saturated heterocycles. The molecular formula is C16H18Cl2N2O. The standard InChI is InChI=1S/C16H18Cl2N2O/c1-16(2,3)10-7-5-6-8-13(10)21-15-12(18)9-11(17)14(19-4)20-15/h5-9H,1-4H3,(H,19,20). The van der Waals surface area contributed by atoms with Gasteiger partial charge < -0.3 is 10.1 Å². The summed E-state index contributed by atoms with van der Waals surface area (Å²) in [7, 11) is 1.75. The first-order valence-corrected chi connectivity index (χ1v) is 7.39. The molecule has 0 aliphatic carbocycles. The molecule has 5 heteroatoms. The predicted octanol–water partition coefficient (Wildman–Crippen LogP) is 5.52. The van der Waals surface area contributed by atoms with E-state index in [0.717, 1.165) is 11.3 Å². The molecule has 0 fully saturated rings. The van der Waals surface area contributed by atoms with Crippen molar-refractivity contribution in [3.05, 3.63) is 45.9 Å². The second-order valence-corrected chi connectivity index (χ2v) is 6.52. The minimum Gasteiger partial charge on any atom is -0.437 e. The Bertz CT molecular complexity index is 651. The first kappa shape index (κ1) is 15.9. The fraction of sp³-hybridized carbons (Fsp3) is 0.312. The van der Waals surface area contributed by atoms with Crippen LogP contribution in [-0.4, -0.2) is 12.0 Å². The van der Waals surface area contributed by atoms with Gasteiger partial charge >= 0.3 is 0 Å². The normalized spacial score (nSPS) is 11.3. The van der Waals surface area contributed by atoms with Crippen LogP contribution < -0.4 is 10.1 Å². The van der Waals surface area contributed by atoms with Crippen LogP contribution in [0, 0.1) is 0 Å². The highest BCUT2D eigenvalue weighted by atomic mass is 35.5. The third-order valence-corrected chi connectivity index (χ3v) is 3.59. The Hall–Kier alpha value is -1.45. The number of para-hydroxylation sites is 1. The first-order chi connectivity index (χ1) is 9.82. The molecule has 1 aromatic carbocycles. The summed E-state index contributed by atoms with van der Waals surface area (Å²) in [5, 5.41) is 3.75. The Morgan fingerprint density at radius 3 is 2.38 bits per heavy atom. The monoisotopic (exact) mass is 324 g/mol. The number of nitrogens with zero attached hydrogens (tertiary/aromatic N) is 1. The van der Waals surface area contributed by atoms with Crippen molar-refractivity contribution in [3.63, 3.8) is 0 Å². The first-order valence-electron chi connectivity index (χ1n) is 6.64. The van der Waals surface area contributed by atoms with E-state index in [-0.39, 0.29) is 5.41 Å². The number of rotatable bonds is 3. The summed E-state index contributed by atoms with van der Waals surface area (Å²) >= 11 is 12.2. The van der Waals surface area contributed by atoms with Crippen molar-refractivity contribution in [3.8, 4) is 11.6 Å². The minimum atomic E-state index is -0.0403. The van der Waals surface area contributed by atoms with Crippen molar-refractivity contribution in [1.29, 1.82) is 0 Å². The number of pyridine rings is 1. The number of nitrogens with one attached hydrogen (secondary N) is 1. The quantitative estimate of drug-likeness (QED) is 0.807. The molecule has 112 valence electrons. The second kappa shape index (κ2) is 6.12. The molecular weight excluding hydrogens is 307 g/mol. The van der Waals surface area contributed by atoms with E-state index in [1.165, 1.54) is 0 Å². The zero-order valence-electron chi connectivity index (χ0n) is 12.5. The third-order valence-electron chi connectivity index (χ3n) is 3.04. The highest BCUT2D eigenvalue weighted by Crippen LogP contribution is 2.37. The smallest absolute Gasteiger partial charge is 0.240 e. The van der Waals surface area contributed by atoms with Gasteiger partial charge in [0.25, 0.3) is 0 Å². The van der Waals surface area contributed by atoms with E-state index in [1.54, 1.807) is 13.1 Å². The van der Waals surface area contributed by atoms with E-state index in [9.17, 15) is 0 Å². The molecule has 0 bridgehead atoms. The maximum Gasteiger partial charge on any atom is 0.240 e. The molecule has 0 aliphatic heterocycles. The molecule has 0 saturated carbocycles. The lowest BCUT2D eigenvalue weighted by atomic mass is 9.86. The fourth-order valence-corrected chi connectivity index (χ4v) is 2.47. The molecule has 0 aliphatic rings. The van der Waals surface area contributed by atoms with Gasteiger partial charge in [-0.15, -0.1) is 0 Å². The fourth-order valence-electron chi connectivity index (χ4n) is 1.98. The van der Waals surface area contributed by atoms with Crippen molar-refractivity contribution in [2.45, 2.75) is 26.2 Å². The van der Waals surface area contributed by atoms with Crippen molar-refractivity contribution in [2.75, 3.05) is 12.4 Å². The van der Waals surface area contributed by atoms with E-state index in [4.69, 9.17) is 27.9 Å². The molecule has 0 unspecified atom stereocenters. The molecule has 0 amide bonds. The van der Waals surface area contributed by atoms with Crippen LogP contribution in [0.15, 0.2) is 30.3 Å². The van der Waals surface area contributed by atoms with Crippen molar-refractivity contribution < 1.29 is 4.74 Å². The molecule has 0 atom stereocenters. The maximum atomic E-state index is 6.18. The number of benzene rings is 1. The SMILES string of the molecule is CNc1nc(Oc2ccccc2C(C)(C)C)c(Cl)cc1Cl. The van der Waals surface area contributed by atoms with E-state index < -0.39 is 0 Å². The van der Waals surface area contributed by atoms with Gasteiger partial charge in [0, 0.05) is 12.6 Å². The van der Waals surface area contributed by atoms with Crippen molar-refractivity contribution >= 4 is 29.0 Å². The van der Waals surface area contributed by atoms with Crippen LogP contribution >= 0.6 is 23.2 Å². The van der Waals surface area contributed by atoms with E-state index in [2.05, 4.69) is 31.1 Å². The summed E-state index contributed by atoms with van der Waals surface area (Å²) in [6.45, 7) is 6.39. The molecule has 21 heavy (non-hydrogen) atoms. The lowest BCUT2D eigenvalue weighted by Gasteiger charge is -2.22. The molecule has 3 nitrogen and oxygen atoms in total. The van der Waals surface area contributed by atoms with Gasteiger partial charge in [0.2, 0.25) is 5.88 Å². The molecule has 0 radical (unpaired) electrons. The number of hydrogen-bond donors (Lipinski definition) is 1. The number of aromatic nitrogens is 1. The third kappa shape index (κ3) is 3.60. The Morgan fingerprint density at radius 2 is 1.76 bits per heavy atom. The van der Waals surface area contributed by atoms with Crippen LogP contribution in [0.5, 0.6) is 11.6 Å². The van der Waals surface area contributed by atoms with Crippen LogP contribution in [0.25, 0.3) is 0 Å². The molecule has 2 rings (SSSR count). The van der Waals surface area contributed by atoms with Gasteiger partial charge in [0.05, 0.1) is 5.02 Å². The molecule has 1 heterocycles. The predicted molar refractivity (Wildman–Crippen MR) is 89.0 cm³/mol. The molecule has 2 aromatic rings. The van der Waals surface area contributed by atoms with Gasteiger partial charge in [0.15, 0.2) is 0 Å². The van der Waals surface area contributed by atoms with Crippen LogP contribution in [0.2, 0.25) is 10.0 Å². The Kier molecular flexibility index (Phi) is 4.64. The average molecular weight is 325 g/mol. The maximum absolute atomic E-state index is 6.18. The molecule has 1 N–H and O–H groups in total. The summed E-state index contributed by atoms with van der Waals surface area (Å²) in [4.78, 5) is 4.31. The van der Waals surface area contributed by atoms with Crippen molar-refractivity contribution in [2.24, 2.45) is 0 Å².